The van der Waals surface area contributed by atoms with Crippen LogP contribution in [0, 0.1) is 6.92 Å². The number of aromatic nitrogens is 2. The van der Waals surface area contributed by atoms with Gasteiger partial charge in [-0.3, -0.25) is 4.68 Å². The van der Waals surface area contributed by atoms with Gasteiger partial charge in [-0.05, 0) is 13.8 Å². The van der Waals surface area contributed by atoms with Gasteiger partial charge in [-0.15, -0.1) is 0 Å². The maximum atomic E-state index is 10.3. The van der Waals surface area contributed by atoms with Gasteiger partial charge in [0, 0.05) is 38.5 Å². The minimum Gasteiger partial charge on any atom is -0.389 e. The molecule has 1 saturated carbocycles. The zero-order valence-electron chi connectivity index (χ0n) is 10.5. The largest absolute Gasteiger partial charge is 0.389 e. The fraction of sp³-hybridized carbons (Fsp3) is 0.750. The molecule has 5 heteroatoms. The molecule has 1 aromatic heterocycles. The Kier molecular flexibility index (Phi) is 3.48. The zero-order chi connectivity index (χ0) is 12.6. The molecule has 0 aromatic carbocycles. The summed E-state index contributed by atoms with van der Waals surface area (Å²) in [5.74, 6) is 0. The fourth-order valence-corrected chi connectivity index (χ4v) is 2.73. The average molecular weight is 259 g/mol. The van der Waals surface area contributed by atoms with E-state index in [0.29, 0.717) is 31.0 Å². The van der Waals surface area contributed by atoms with Crippen molar-refractivity contribution in [2.45, 2.75) is 44.8 Å². The summed E-state index contributed by atoms with van der Waals surface area (Å²) >= 11 is 6.16. The first-order chi connectivity index (χ1) is 7.95. The van der Waals surface area contributed by atoms with E-state index in [2.05, 4.69) is 5.10 Å². The van der Waals surface area contributed by atoms with E-state index in [4.69, 9.17) is 16.3 Å². The Morgan fingerprint density at radius 3 is 2.71 bits per heavy atom. The highest BCUT2D eigenvalue weighted by Gasteiger charge is 2.44. The number of hydrogen-bond acceptors (Lipinski definition) is 3. The second-order valence-electron chi connectivity index (χ2n) is 4.87. The predicted octanol–water partition coefficient (Wildman–Crippen LogP) is 1.85. The van der Waals surface area contributed by atoms with Gasteiger partial charge < -0.3 is 9.84 Å². The standard InChI is InChI=1S/C12H19ClN2O2/c1-4-17-9-5-12(16,6-9)7-10-8(2)14-15(3)11(10)13/h9,16H,4-7H2,1-3H3. The van der Waals surface area contributed by atoms with E-state index >= 15 is 0 Å². The van der Waals surface area contributed by atoms with Crippen molar-refractivity contribution in [3.63, 3.8) is 0 Å². The molecular formula is C12H19ClN2O2. The third kappa shape index (κ3) is 2.49. The van der Waals surface area contributed by atoms with Gasteiger partial charge in [-0.1, -0.05) is 11.6 Å². The lowest BCUT2D eigenvalue weighted by Crippen LogP contribution is -2.50. The Morgan fingerprint density at radius 1 is 1.59 bits per heavy atom. The molecule has 1 aliphatic carbocycles. The van der Waals surface area contributed by atoms with Gasteiger partial charge in [-0.25, -0.2) is 0 Å². The minimum atomic E-state index is -0.669. The SMILES string of the molecule is CCOC1CC(O)(Cc2c(C)nn(C)c2Cl)C1. The Labute approximate surface area is 107 Å². The molecule has 1 aromatic rings. The van der Waals surface area contributed by atoms with Crippen LogP contribution in [-0.4, -0.2) is 33.2 Å². The number of hydrogen-bond donors (Lipinski definition) is 1. The van der Waals surface area contributed by atoms with Crippen molar-refractivity contribution >= 4 is 11.6 Å². The predicted molar refractivity (Wildman–Crippen MR) is 66.3 cm³/mol. The van der Waals surface area contributed by atoms with E-state index in [-0.39, 0.29) is 6.10 Å². The van der Waals surface area contributed by atoms with Gasteiger partial charge in [0.15, 0.2) is 0 Å². The lowest BCUT2D eigenvalue weighted by molar-refractivity contribution is -0.136. The molecule has 0 saturated heterocycles. The maximum absolute atomic E-state index is 10.3. The normalized spacial score (nSPS) is 28.2. The van der Waals surface area contributed by atoms with Crippen LogP contribution in [0.4, 0.5) is 0 Å². The first kappa shape index (κ1) is 12.9. The Bertz CT molecular complexity index is 411. The summed E-state index contributed by atoms with van der Waals surface area (Å²) in [7, 11) is 1.81. The second-order valence-corrected chi connectivity index (χ2v) is 5.22. The third-order valence-corrected chi connectivity index (χ3v) is 3.87. The highest BCUT2D eigenvalue weighted by molar-refractivity contribution is 6.30. The molecule has 2 rings (SSSR count). The van der Waals surface area contributed by atoms with Crippen molar-refractivity contribution in [1.82, 2.24) is 9.78 Å². The van der Waals surface area contributed by atoms with Crippen LogP contribution in [0.1, 0.15) is 31.0 Å². The Morgan fingerprint density at radius 2 is 2.24 bits per heavy atom. The molecule has 0 bridgehead atoms. The summed E-state index contributed by atoms with van der Waals surface area (Å²) in [6.45, 7) is 4.59. The number of ether oxygens (including phenoxy) is 1. The maximum Gasteiger partial charge on any atom is 0.130 e. The molecule has 0 aliphatic heterocycles. The summed E-state index contributed by atoms with van der Waals surface area (Å²) in [5.41, 5.74) is 1.18. The van der Waals surface area contributed by atoms with Crippen LogP contribution in [-0.2, 0) is 18.2 Å². The number of halogens is 1. The topological polar surface area (TPSA) is 47.3 Å². The lowest BCUT2D eigenvalue weighted by Gasteiger charge is -2.43. The molecule has 0 unspecified atom stereocenters. The van der Waals surface area contributed by atoms with Gasteiger partial charge in [0.1, 0.15) is 5.15 Å². The molecule has 0 radical (unpaired) electrons. The molecule has 4 nitrogen and oxygen atoms in total. The van der Waals surface area contributed by atoms with Crippen LogP contribution in [0.2, 0.25) is 5.15 Å². The molecule has 0 spiro atoms. The summed E-state index contributed by atoms with van der Waals surface area (Å²) in [5, 5.41) is 15.2. The van der Waals surface area contributed by atoms with Gasteiger partial charge in [0.2, 0.25) is 0 Å². The first-order valence-electron chi connectivity index (χ1n) is 5.97. The summed E-state index contributed by atoms with van der Waals surface area (Å²) < 4.78 is 7.11. The van der Waals surface area contributed by atoms with Gasteiger partial charge in [0.05, 0.1) is 17.4 Å². The van der Waals surface area contributed by atoms with Crippen molar-refractivity contribution in [2.24, 2.45) is 7.05 Å². The molecule has 17 heavy (non-hydrogen) atoms. The van der Waals surface area contributed by atoms with Crippen molar-refractivity contribution in [2.75, 3.05) is 6.61 Å². The highest BCUT2D eigenvalue weighted by Crippen LogP contribution is 2.39. The van der Waals surface area contributed by atoms with E-state index < -0.39 is 5.60 Å². The number of aliphatic hydroxyl groups is 1. The van der Waals surface area contributed by atoms with Crippen molar-refractivity contribution < 1.29 is 9.84 Å². The van der Waals surface area contributed by atoms with Crippen LogP contribution in [0.15, 0.2) is 0 Å². The van der Waals surface area contributed by atoms with Crippen LogP contribution in [0.5, 0.6) is 0 Å². The number of rotatable bonds is 4. The summed E-state index contributed by atoms with van der Waals surface area (Å²) in [6, 6.07) is 0. The lowest BCUT2D eigenvalue weighted by atomic mass is 9.73. The number of aryl methyl sites for hydroxylation is 2. The van der Waals surface area contributed by atoms with Crippen molar-refractivity contribution in [1.29, 1.82) is 0 Å². The van der Waals surface area contributed by atoms with Crippen LogP contribution < -0.4 is 0 Å². The van der Waals surface area contributed by atoms with E-state index in [0.717, 1.165) is 11.3 Å². The fourth-order valence-electron chi connectivity index (χ4n) is 2.49. The quantitative estimate of drug-likeness (QED) is 0.897. The Hall–Kier alpha value is -0.580. The van der Waals surface area contributed by atoms with E-state index in [1.165, 1.54) is 0 Å². The molecule has 1 N–H and O–H groups in total. The first-order valence-corrected chi connectivity index (χ1v) is 6.35. The van der Waals surface area contributed by atoms with E-state index in [9.17, 15) is 5.11 Å². The Balaban J connectivity index is 2.02. The van der Waals surface area contributed by atoms with E-state index in [1.54, 1.807) is 4.68 Å². The molecule has 0 amide bonds. The van der Waals surface area contributed by atoms with Crippen LogP contribution in [0.25, 0.3) is 0 Å². The molecule has 96 valence electrons. The molecule has 1 aliphatic rings. The molecule has 0 atom stereocenters. The van der Waals surface area contributed by atoms with Crippen molar-refractivity contribution in [3.05, 3.63) is 16.4 Å². The smallest absolute Gasteiger partial charge is 0.130 e. The second kappa shape index (κ2) is 4.59. The molecular weight excluding hydrogens is 240 g/mol. The summed E-state index contributed by atoms with van der Waals surface area (Å²) in [4.78, 5) is 0. The van der Waals surface area contributed by atoms with Crippen molar-refractivity contribution in [3.8, 4) is 0 Å². The highest BCUT2D eigenvalue weighted by atomic mass is 35.5. The van der Waals surface area contributed by atoms with E-state index in [1.807, 2.05) is 20.9 Å². The van der Waals surface area contributed by atoms with Crippen LogP contribution >= 0.6 is 11.6 Å². The monoisotopic (exact) mass is 258 g/mol. The molecule has 1 heterocycles. The average Bonchev–Trinajstić information content (AvgIpc) is 2.43. The van der Waals surface area contributed by atoms with Crippen LogP contribution in [0.3, 0.4) is 0 Å². The zero-order valence-corrected chi connectivity index (χ0v) is 11.3. The summed E-state index contributed by atoms with van der Waals surface area (Å²) in [6.07, 6.45) is 2.13. The van der Waals surface area contributed by atoms with Gasteiger partial charge in [-0.2, -0.15) is 5.10 Å². The minimum absolute atomic E-state index is 0.195. The van der Waals surface area contributed by atoms with Gasteiger partial charge >= 0.3 is 0 Å². The third-order valence-electron chi connectivity index (χ3n) is 3.39. The number of nitrogens with zero attached hydrogens (tertiary/aromatic N) is 2. The molecule has 1 fully saturated rings. The van der Waals surface area contributed by atoms with Gasteiger partial charge in [0.25, 0.3) is 0 Å².